The molecule has 3 N–H and O–H groups in total. The van der Waals surface area contributed by atoms with Gasteiger partial charge in [-0.25, -0.2) is 4.79 Å². The van der Waals surface area contributed by atoms with Gasteiger partial charge in [-0.2, -0.15) is 0 Å². The van der Waals surface area contributed by atoms with Crippen molar-refractivity contribution in [3.05, 3.63) is 34.5 Å². The largest absolute Gasteiger partial charge is 0.358 e. The lowest BCUT2D eigenvalue weighted by molar-refractivity contribution is 0.235. The number of hydrogen-bond donors (Lipinski definition) is 3. The van der Waals surface area contributed by atoms with Crippen LogP contribution in [0.5, 0.6) is 0 Å². The fourth-order valence-electron chi connectivity index (χ4n) is 3.16. The smallest absolute Gasteiger partial charge is 0.315 e. The number of amides is 2. The van der Waals surface area contributed by atoms with Crippen molar-refractivity contribution in [3.63, 3.8) is 0 Å². The zero-order valence-corrected chi connectivity index (χ0v) is 12.5. The van der Waals surface area contributed by atoms with Crippen LogP contribution < -0.4 is 10.6 Å². The number of carbonyl (C=O) groups excluding carboxylic acids is 1. The van der Waals surface area contributed by atoms with Gasteiger partial charge in [-0.3, -0.25) is 0 Å². The molecule has 1 saturated carbocycles. The fourth-order valence-corrected chi connectivity index (χ4v) is 3.33. The van der Waals surface area contributed by atoms with Crippen molar-refractivity contribution < 1.29 is 4.79 Å². The van der Waals surface area contributed by atoms with E-state index in [1.165, 1.54) is 16.6 Å². The molecular formula is C16H18ClN3O. The van der Waals surface area contributed by atoms with E-state index in [0.717, 1.165) is 42.6 Å². The maximum Gasteiger partial charge on any atom is 0.315 e. The third-order valence-electron chi connectivity index (χ3n) is 4.40. The van der Waals surface area contributed by atoms with E-state index in [4.69, 9.17) is 11.6 Å². The van der Waals surface area contributed by atoms with Crippen molar-refractivity contribution in [3.8, 4) is 0 Å². The quantitative estimate of drug-likeness (QED) is 0.784. The van der Waals surface area contributed by atoms with Crippen molar-refractivity contribution >= 4 is 28.5 Å². The molecule has 21 heavy (non-hydrogen) atoms. The number of carbonyl (C=O) groups is 1. The highest BCUT2D eigenvalue weighted by Gasteiger charge is 2.27. The summed E-state index contributed by atoms with van der Waals surface area (Å²) in [6.45, 7) is 0. The molecule has 5 heteroatoms. The molecule has 0 aliphatic heterocycles. The molecule has 1 unspecified atom stereocenters. The lowest BCUT2D eigenvalue weighted by atomic mass is 9.91. The Morgan fingerprint density at radius 1 is 1.19 bits per heavy atom. The van der Waals surface area contributed by atoms with Crippen molar-refractivity contribution in [1.82, 2.24) is 15.6 Å². The van der Waals surface area contributed by atoms with Crippen LogP contribution in [0, 0.1) is 0 Å². The molecule has 0 spiro atoms. The number of aromatic amines is 1. The minimum Gasteiger partial charge on any atom is -0.358 e. The fraction of sp³-hybridized carbons (Fsp3) is 0.438. The maximum absolute atomic E-state index is 11.9. The Balaban J connectivity index is 1.53. The highest BCUT2D eigenvalue weighted by atomic mass is 35.5. The summed E-state index contributed by atoms with van der Waals surface area (Å²) in [6.07, 6.45) is 5.06. The van der Waals surface area contributed by atoms with Gasteiger partial charge in [0.15, 0.2) is 0 Å². The molecule has 0 saturated heterocycles. The van der Waals surface area contributed by atoms with Gasteiger partial charge in [0, 0.05) is 33.7 Å². The molecule has 1 heterocycles. The third-order valence-corrected chi connectivity index (χ3v) is 4.63. The number of nitrogens with one attached hydrogen (secondary N) is 3. The number of urea groups is 1. The maximum atomic E-state index is 11.9. The van der Waals surface area contributed by atoms with Crippen LogP contribution in [0.1, 0.15) is 30.5 Å². The van der Waals surface area contributed by atoms with E-state index < -0.39 is 0 Å². The van der Waals surface area contributed by atoms with Gasteiger partial charge in [0.1, 0.15) is 0 Å². The normalized spacial score (nSPS) is 21.1. The van der Waals surface area contributed by atoms with E-state index in [1.807, 2.05) is 12.1 Å². The van der Waals surface area contributed by atoms with Gasteiger partial charge < -0.3 is 15.6 Å². The molecule has 0 radical (unpaired) electrons. The number of H-pyrrole nitrogens is 1. The highest BCUT2D eigenvalue weighted by Crippen LogP contribution is 2.30. The Morgan fingerprint density at radius 2 is 2.00 bits per heavy atom. The van der Waals surface area contributed by atoms with Gasteiger partial charge in [0.25, 0.3) is 0 Å². The molecule has 1 fully saturated rings. The van der Waals surface area contributed by atoms with Crippen LogP contribution in [0.25, 0.3) is 10.9 Å². The van der Waals surface area contributed by atoms with Crippen LogP contribution in [0.15, 0.2) is 18.2 Å². The standard InChI is InChI=1S/C16H18ClN3O/c17-9-1-5-12-13-8-11(19-16(21)18-10-2-3-10)4-6-14(13)20-15(12)7-9/h1,5,7,10-11,20H,2-4,6,8H2,(H2,18,19,21). The summed E-state index contributed by atoms with van der Waals surface area (Å²) >= 11 is 6.05. The summed E-state index contributed by atoms with van der Waals surface area (Å²) in [5.74, 6) is 0. The highest BCUT2D eigenvalue weighted by molar-refractivity contribution is 6.31. The molecule has 110 valence electrons. The van der Waals surface area contributed by atoms with Crippen LogP contribution in [0.2, 0.25) is 5.02 Å². The number of benzene rings is 1. The molecule has 4 rings (SSSR count). The number of hydrogen-bond acceptors (Lipinski definition) is 1. The first-order chi connectivity index (χ1) is 10.2. The second kappa shape index (κ2) is 4.95. The molecular weight excluding hydrogens is 286 g/mol. The first-order valence-electron chi connectivity index (χ1n) is 7.55. The van der Waals surface area contributed by atoms with Crippen molar-refractivity contribution in [2.24, 2.45) is 0 Å². The Morgan fingerprint density at radius 3 is 2.81 bits per heavy atom. The summed E-state index contributed by atoms with van der Waals surface area (Å²) < 4.78 is 0. The Labute approximate surface area is 128 Å². The molecule has 2 amide bonds. The van der Waals surface area contributed by atoms with Crippen molar-refractivity contribution in [1.29, 1.82) is 0 Å². The minimum atomic E-state index is -0.0196. The predicted octanol–water partition coefficient (Wildman–Crippen LogP) is 3.14. The van der Waals surface area contributed by atoms with Crippen LogP contribution >= 0.6 is 11.6 Å². The lowest BCUT2D eigenvalue weighted by Crippen LogP contribution is -2.45. The average Bonchev–Trinajstić information content (AvgIpc) is 3.18. The van der Waals surface area contributed by atoms with Gasteiger partial charge in [-0.15, -0.1) is 0 Å². The molecule has 1 aromatic carbocycles. The number of rotatable bonds is 2. The molecule has 0 bridgehead atoms. The molecule has 4 nitrogen and oxygen atoms in total. The summed E-state index contributed by atoms with van der Waals surface area (Å²) in [5.41, 5.74) is 3.70. The zero-order chi connectivity index (χ0) is 14.4. The lowest BCUT2D eigenvalue weighted by Gasteiger charge is -2.23. The second-order valence-corrected chi connectivity index (χ2v) is 6.54. The third kappa shape index (κ3) is 2.60. The van der Waals surface area contributed by atoms with Gasteiger partial charge in [-0.1, -0.05) is 17.7 Å². The van der Waals surface area contributed by atoms with E-state index in [2.05, 4.69) is 21.7 Å². The SMILES string of the molecule is O=C(NC1CC1)NC1CCc2[nH]c3cc(Cl)ccc3c2C1. The predicted molar refractivity (Wildman–Crippen MR) is 83.8 cm³/mol. The topological polar surface area (TPSA) is 56.9 Å². The zero-order valence-electron chi connectivity index (χ0n) is 11.7. The monoisotopic (exact) mass is 303 g/mol. The van der Waals surface area contributed by atoms with E-state index in [9.17, 15) is 4.79 Å². The number of aryl methyl sites for hydroxylation is 1. The van der Waals surface area contributed by atoms with Crippen LogP contribution in [-0.2, 0) is 12.8 Å². The van der Waals surface area contributed by atoms with Gasteiger partial charge in [0.2, 0.25) is 0 Å². The van der Waals surface area contributed by atoms with Crippen LogP contribution in [-0.4, -0.2) is 23.1 Å². The van der Waals surface area contributed by atoms with Gasteiger partial charge in [0.05, 0.1) is 0 Å². The first kappa shape index (κ1) is 13.0. The molecule has 2 aliphatic rings. The summed E-state index contributed by atoms with van der Waals surface area (Å²) in [4.78, 5) is 15.3. The van der Waals surface area contributed by atoms with E-state index in [0.29, 0.717) is 6.04 Å². The molecule has 1 atom stereocenters. The number of aromatic nitrogens is 1. The molecule has 2 aromatic rings. The second-order valence-electron chi connectivity index (χ2n) is 6.10. The molecule has 1 aromatic heterocycles. The van der Waals surface area contributed by atoms with Crippen LogP contribution in [0.3, 0.4) is 0 Å². The summed E-state index contributed by atoms with van der Waals surface area (Å²) in [6, 6.07) is 6.56. The number of fused-ring (bicyclic) bond motifs is 3. The summed E-state index contributed by atoms with van der Waals surface area (Å²) in [7, 11) is 0. The van der Waals surface area contributed by atoms with Crippen molar-refractivity contribution in [2.75, 3.05) is 0 Å². The Kier molecular flexibility index (Phi) is 3.07. The average molecular weight is 304 g/mol. The van der Waals surface area contributed by atoms with E-state index in [1.54, 1.807) is 0 Å². The number of halogens is 1. The van der Waals surface area contributed by atoms with E-state index >= 15 is 0 Å². The Bertz CT molecular complexity index is 705. The first-order valence-corrected chi connectivity index (χ1v) is 7.93. The Hall–Kier alpha value is -1.68. The van der Waals surface area contributed by atoms with Crippen LogP contribution in [0.4, 0.5) is 4.79 Å². The summed E-state index contributed by atoms with van der Waals surface area (Å²) in [5, 5.41) is 8.07. The minimum absolute atomic E-state index is 0.0196. The van der Waals surface area contributed by atoms with Gasteiger partial charge in [-0.05, 0) is 49.8 Å². The molecule has 2 aliphatic carbocycles. The van der Waals surface area contributed by atoms with Crippen molar-refractivity contribution in [2.45, 2.75) is 44.2 Å². The van der Waals surface area contributed by atoms with E-state index in [-0.39, 0.29) is 12.1 Å². The van der Waals surface area contributed by atoms with Gasteiger partial charge >= 0.3 is 6.03 Å².